The molecule has 0 bridgehead atoms. The van der Waals surface area contributed by atoms with Crippen molar-refractivity contribution in [1.29, 1.82) is 0 Å². The zero-order valence-electron chi connectivity index (χ0n) is 4.12. The molecule has 6 heteroatoms. The maximum atomic E-state index is 10.3. The molecule has 0 fully saturated rings. The summed E-state index contributed by atoms with van der Waals surface area (Å²) in [5.41, 5.74) is 0.333. The summed E-state index contributed by atoms with van der Waals surface area (Å²) < 4.78 is 8.63. The van der Waals surface area contributed by atoms with Gasteiger partial charge in [0.15, 0.2) is 0 Å². The standard InChI is InChI=1S/C3HN3O3/c7-3-4-1-2(8-3)6-9-5-1/h(H,4,5,7). The lowest BCUT2D eigenvalue weighted by atomic mass is 10.8. The van der Waals surface area contributed by atoms with E-state index in [9.17, 15) is 4.79 Å². The molecule has 0 unspecified atom stereocenters. The van der Waals surface area contributed by atoms with Gasteiger partial charge in [-0.1, -0.05) is 0 Å². The lowest BCUT2D eigenvalue weighted by Crippen LogP contribution is -1.93. The fraction of sp³-hybridized carbons (Fsp3) is 0. The van der Waals surface area contributed by atoms with Crippen LogP contribution in [-0.2, 0) is 0 Å². The van der Waals surface area contributed by atoms with Crippen molar-refractivity contribution in [3.8, 4) is 0 Å². The van der Waals surface area contributed by atoms with E-state index in [0.717, 1.165) is 0 Å². The van der Waals surface area contributed by atoms with Crippen LogP contribution in [0.3, 0.4) is 0 Å². The minimum Gasteiger partial charge on any atom is -0.384 e. The Morgan fingerprint density at radius 1 is 1.44 bits per heavy atom. The highest BCUT2D eigenvalue weighted by atomic mass is 16.6. The number of fused-ring (bicyclic) bond motifs is 1. The number of nitrogens with zero attached hydrogens (tertiary/aromatic N) is 2. The molecule has 0 saturated heterocycles. The van der Waals surface area contributed by atoms with Gasteiger partial charge in [0.1, 0.15) is 0 Å². The van der Waals surface area contributed by atoms with Crippen molar-refractivity contribution in [3.63, 3.8) is 0 Å². The number of aromatic nitrogens is 3. The van der Waals surface area contributed by atoms with Gasteiger partial charge in [0, 0.05) is 0 Å². The van der Waals surface area contributed by atoms with E-state index in [4.69, 9.17) is 0 Å². The van der Waals surface area contributed by atoms with Gasteiger partial charge < -0.3 is 4.42 Å². The van der Waals surface area contributed by atoms with Gasteiger partial charge in [-0.15, -0.1) is 0 Å². The molecule has 1 N–H and O–H groups in total. The molecule has 0 saturated carbocycles. The lowest BCUT2D eigenvalue weighted by Gasteiger charge is -1.58. The van der Waals surface area contributed by atoms with Crippen LogP contribution in [0.4, 0.5) is 0 Å². The molecule has 6 nitrogen and oxygen atoms in total. The van der Waals surface area contributed by atoms with E-state index < -0.39 is 5.76 Å². The fourth-order valence-corrected chi connectivity index (χ4v) is 0.534. The number of oxazole rings is 1. The van der Waals surface area contributed by atoms with E-state index in [1.807, 2.05) is 0 Å². The molecule has 9 heavy (non-hydrogen) atoms. The zero-order valence-corrected chi connectivity index (χ0v) is 4.12. The summed E-state index contributed by atoms with van der Waals surface area (Å²) in [5, 5.41) is 6.56. The van der Waals surface area contributed by atoms with Crippen LogP contribution in [0.1, 0.15) is 0 Å². The maximum Gasteiger partial charge on any atom is 0.420 e. The van der Waals surface area contributed by atoms with Gasteiger partial charge in [-0.3, -0.25) is 4.98 Å². The summed E-state index contributed by atoms with van der Waals surface area (Å²) in [7, 11) is 0. The van der Waals surface area contributed by atoms with E-state index in [0.29, 0.717) is 0 Å². The first-order chi connectivity index (χ1) is 4.36. The van der Waals surface area contributed by atoms with Crippen LogP contribution < -0.4 is 5.76 Å². The molecule has 2 heterocycles. The van der Waals surface area contributed by atoms with E-state index in [-0.39, 0.29) is 11.4 Å². The molecule has 0 amide bonds. The first kappa shape index (κ1) is 4.30. The number of rotatable bonds is 0. The van der Waals surface area contributed by atoms with Crippen LogP contribution in [0.15, 0.2) is 13.8 Å². The molecule has 2 rings (SSSR count). The topological polar surface area (TPSA) is 84.9 Å². The van der Waals surface area contributed by atoms with E-state index >= 15 is 0 Å². The molecule has 0 aliphatic heterocycles. The third-order valence-corrected chi connectivity index (χ3v) is 0.868. The van der Waals surface area contributed by atoms with E-state index in [1.54, 1.807) is 0 Å². The SMILES string of the molecule is O=c1[nH]c2nonc2o1. The Bertz CT molecular complexity index is 337. The summed E-state index contributed by atoms with van der Waals surface area (Å²) in [6.45, 7) is 0. The van der Waals surface area contributed by atoms with Crippen LogP contribution in [0.2, 0.25) is 0 Å². The molecular formula is C3HN3O3. The van der Waals surface area contributed by atoms with Crippen LogP contribution in [0.5, 0.6) is 0 Å². The Kier molecular flexibility index (Phi) is 0.583. The van der Waals surface area contributed by atoms with Gasteiger partial charge in [0.2, 0.25) is 5.65 Å². The average molecular weight is 127 g/mol. The molecule has 0 spiro atoms. The van der Waals surface area contributed by atoms with E-state index in [2.05, 4.69) is 24.3 Å². The number of hydrogen-bond donors (Lipinski definition) is 1. The second-order valence-electron chi connectivity index (χ2n) is 1.43. The predicted octanol–water partition coefficient (Wildman–Crippen LogP) is -0.496. The zero-order chi connectivity index (χ0) is 6.27. The van der Waals surface area contributed by atoms with Crippen molar-refractivity contribution in [2.75, 3.05) is 0 Å². The Labute approximate surface area is 47.4 Å². The van der Waals surface area contributed by atoms with Crippen molar-refractivity contribution >= 4 is 11.4 Å². The van der Waals surface area contributed by atoms with Gasteiger partial charge in [-0.05, 0) is 10.3 Å². The molecule has 2 aromatic rings. The number of nitrogens with one attached hydrogen (secondary N) is 1. The molecule has 0 aromatic carbocycles. The van der Waals surface area contributed by atoms with Crippen molar-refractivity contribution in [2.24, 2.45) is 0 Å². The molecule has 2 aromatic heterocycles. The Balaban J connectivity index is 3.08. The maximum absolute atomic E-state index is 10.3. The minimum absolute atomic E-state index is 0.0972. The van der Waals surface area contributed by atoms with Crippen molar-refractivity contribution < 1.29 is 9.05 Å². The summed E-state index contributed by atoms with van der Waals surface area (Å²) in [5.74, 6) is -0.573. The Hall–Kier alpha value is -1.59. The summed E-state index contributed by atoms with van der Waals surface area (Å²) in [6, 6.07) is 0. The van der Waals surface area contributed by atoms with Gasteiger partial charge in [-0.2, -0.15) is 0 Å². The van der Waals surface area contributed by atoms with Crippen LogP contribution >= 0.6 is 0 Å². The Morgan fingerprint density at radius 3 is 3.11 bits per heavy atom. The van der Waals surface area contributed by atoms with Crippen molar-refractivity contribution in [2.45, 2.75) is 0 Å². The number of hydrogen-bond acceptors (Lipinski definition) is 5. The lowest BCUT2D eigenvalue weighted by molar-refractivity contribution is 0.304. The van der Waals surface area contributed by atoms with Gasteiger partial charge in [-0.25, -0.2) is 9.42 Å². The highest BCUT2D eigenvalue weighted by Crippen LogP contribution is 1.98. The summed E-state index contributed by atoms with van der Waals surface area (Å²) in [6.07, 6.45) is 0. The minimum atomic E-state index is -0.573. The fourth-order valence-electron chi connectivity index (χ4n) is 0.534. The molecular weight excluding hydrogens is 126 g/mol. The van der Waals surface area contributed by atoms with Gasteiger partial charge in [0.25, 0.3) is 0 Å². The predicted molar refractivity (Wildman–Crippen MR) is 24.7 cm³/mol. The van der Waals surface area contributed by atoms with Crippen molar-refractivity contribution in [1.82, 2.24) is 15.3 Å². The first-order valence-electron chi connectivity index (χ1n) is 2.17. The molecule has 0 aliphatic carbocycles. The monoisotopic (exact) mass is 127 g/mol. The second-order valence-corrected chi connectivity index (χ2v) is 1.43. The van der Waals surface area contributed by atoms with Crippen molar-refractivity contribution in [3.05, 3.63) is 10.6 Å². The molecule has 46 valence electrons. The largest absolute Gasteiger partial charge is 0.420 e. The van der Waals surface area contributed by atoms with Crippen LogP contribution in [-0.4, -0.2) is 15.3 Å². The van der Waals surface area contributed by atoms with Gasteiger partial charge in [0.05, 0.1) is 0 Å². The second kappa shape index (κ2) is 1.22. The van der Waals surface area contributed by atoms with Crippen LogP contribution in [0.25, 0.3) is 11.4 Å². The average Bonchev–Trinajstić information content (AvgIpc) is 2.22. The summed E-state index contributed by atoms with van der Waals surface area (Å²) >= 11 is 0. The molecule has 0 radical (unpaired) electrons. The third kappa shape index (κ3) is 0.463. The normalized spacial score (nSPS) is 10.7. The molecule has 0 aliphatic rings. The van der Waals surface area contributed by atoms with E-state index in [1.165, 1.54) is 0 Å². The van der Waals surface area contributed by atoms with Gasteiger partial charge >= 0.3 is 11.5 Å². The Morgan fingerprint density at radius 2 is 2.33 bits per heavy atom. The highest BCUT2D eigenvalue weighted by Gasteiger charge is 2.03. The third-order valence-electron chi connectivity index (χ3n) is 0.868. The summed E-state index contributed by atoms with van der Waals surface area (Å²) in [4.78, 5) is 12.6. The highest BCUT2D eigenvalue weighted by molar-refractivity contribution is 5.59. The number of H-pyrrole nitrogens is 1. The van der Waals surface area contributed by atoms with Crippen LogP contribution in [0, 0.1) is 0 Å². The molecule has 0 atom stereocenters. The first-order valence-corrected chi connectivity index (χ1v) is 2.17. The quantitative estimate of drug-likeness (QED) is 0.515. The number of aromatic amines is 1. The smallest absolute Gasteiger partial charge is 0.384 e.